The summed E-state index contributed by atoms with van der Waals surface area (Å²) >= 11 is 1.60. The van der Waals surface area contributed by atoms with Crippen molar-refractivity contribution in [3.8, 4) is 11.4 Å². The average molecular weight is 249 g/mol. The van der Waals surface area contributed by atoms with Gasteiger partial charge in [-0.3, -0.25) is 0 Å². The van der Waals surface area contributed by atoms with Gasteiger partial charge in [-0.2, -0.15) is 16.3 Å². The summed E-state index contributed by atoms with van der Waals surface area (Å²) in [5.74, 6) is 1.06. The maximum atomic E-state index is 5.36. The molecule has 0 aliphatic carbocycles. The molecule has 3 heterocycles. The Labute approximate surface area is 102 Å². The molecule has 2 aromatic heterocycles. The Balaban J connectivity index is 1.91. The van der Waals surface area contributed by atoms with Crippen LogP contribution in [0.3, 0.4) is 0 Å². The van der Waals surface area contributed by atoms with Crippen molar-refractivity contribution in [1.29, 1.82) is 0 Å². The molecule has 5 nitrogen and oxygen atoms in total. The summed E-state index contributed by atoms with van der Waals surface area (Å²) in [6.45, 7) is 3.82. The smallest absolute Gasteiger partial charge is 0.274 e. The van der Waals surface area contributed by atoms with Gasteiger partial charge in [-0.05, 0) is 25.3 Å². The number of hydrogen-bond donors (Lipinski definition) is 0. The van der Waals surface area contributed by atoms with Crippen LogP contribution < -0.4 is 0 Å². The van der Waals surface area contributed by atoms with Gasteiger partial charge in [0, 0.05) is 17.4 Å². The molecule has 2 aromatic rings. The standard InChI is InChI=1S/C11H11N3O2S/c1-7-5-11(2,16-13-7)10-12-9(14-15-10)8-3-4-17-6-8/h3-4,6H,5H2,1-2H3. The van der Waals surface area contributed by atoms with Crippen molar-refractivity contribution in [2.45, 2.75) is 25.9 Å². The van der Waals surface area contributed by atoms with E-state index in [0.717, 1.165) is 11.3 Å². The average Bonchev–Trinajstić information content (AvgIpc) is 2.97. The number of aromatic nitrogens is 2. The molecular formula is C11H11N3O2S. The molecule has 0 spiro atoms. The van der Waals surface area contributed by atoms with Gasteiger partial charge in [-0.15, -0.1) is 0 Å². The van der Waals surface area contributed by atoms with Crippen LogP contribution >= 0.6 is 11.3 Å². The molecule has 6 heteroatoms. The van der Waals surface area contributed by atoms with E-state index in [2.05, 4.69) is 15.3 Å². The third-order valence-electron chi connectivity index (χ3n) is 2.65. The first-order valence-electron chi connectivity index (χ1n) is 5.26. The Morgan fingerprint density at radius 1 is 1.47 bits per heavy atom. The van der Waals surface area contributed by atoms with Gasteiger partial charge in [0.15, 0.2) is 0 Å². The number of nitrogens with zero attached hydrogens (tertiary/aromatic N) is 3. The quantitative estimate of drug-likeness (QED) is 0.821. The molecule has 0 N–H and O–H groups in total. The van der Waals surface area contributed by atoms with Gasteiger partial charge in [0.05, 0.1) is 5.71 Å². The third-order valence-corrected chi connectivity index (χ3v) is 3.34. The van der Waals surface area contributed by atoms with Gasteiger partial charge in [0.25, 0.3) is 5.89 Å². The fraction of sp³-hybridized carbons (Fsp3) is 0.364. The van der Waals surface area contributed by atoms with Crippen molar-refractivity contribution >= 4 is 17.0 Å². The van der Waals surface area contributed by atoms with E-state index in [1.54, 1.807) is 11.3 Å². The van der Waals surface area contributed by atoms with Crippen molar-refractivity contribution in [3.63, 3.8) is 0 Å². The van der Waals surface area contributed by atoms with Crippen LogP contribution in [0.2, 0.25) is 0 Å². The molecule has 1 atom stereocenters. The predicted octanol–water partition coefficient (Wildman–Crippen LogP) is 2.81. The van der Waals surface area contributed by atoms with Gasteiger partial charge in [-0.1, -0.05) is 10.3 Å². The van der Waals surface area contributed by atoms with Gasteiger partial charge in [-0.25, -0.2) is 0 Å². The summed E-state index contributed by atoms with van der Waals surface area (Å²) in [6, 6.07) is 1.96. The van der Waals surface area contributed by atoms with Crippen molar-refractivity contribution in [2.75, 3.05) is 0 Å². The highest BCUT2D eigenvalue weighted by molar-refractivity contribution is 7.08. The summed E-state index contributed by atoms with van der Waals surface area (Å²) < 4.78 is 5.27. The molecule has 1 aliphatic heterocycles. The van der Waals surface area contributed by atoms with Crippen molar-refractivity contribution in [3.05, 3.63) is 22.7 Å². The molecule has 0 saturated carbocycles. The Kier molecular flexibility index (Phi) is 2.25. The zero-order valence-corrected chi connectivity index (χ0v) is 10.3. The van der Waals surface area contributed by atoms with Crippen LogP contribution in [0.15, 0.2) is 26.5 Å². The van der Waals surface area contributed by atoms with Crippen LogP contribution in [0.4, 0.5) is 0 Å². The van der Waals surface area contributed by atoms with Crippen LogP contribution in [0, 0.1) is 0 Å². The molecule has 0 bridgehead atoms. The zero-order valence-electron chi connectivity index (χ0n) is 9.51. The second-order valence-corrected chi connectivity index (χ2v) is 5.04. The first kappa shape index (κ1) is 10.5. The first-order valence-corrected chi connectivity index (χ1v) is 6.20. The lowest BCUT2D eigenvalue weighted by Gasteiger charge is -2.15. The summed E-state index contributed by atoms with van der Waals surface area (Å²) in [4.78, 5) is 9.74. The number of thiophene rings is 1. The van der Waals surface area contributed by atoms with Crippen LogP contribution in [0.5, 0.6) is 0 Å². The highest BCUT2D eigenvalue weighted by Gasteiger charge is 2.40. The van der Waals surface area contributed by atoms with E-state index >= 15 is 0 Å². The molecule has 0 radical (unpaired) electrons. The van der Waals surface area contributed by atoms with Crippen molar-refractivity contribution < 1.29 is 9.36 Å². The Morgan fingerprint density at radius 3 is 3.00 bits per heavy atom. The Hall–Kier alpha value is -1.69. The second kappa shape index (κ2) is 3.66. The zero-order chi connectivity index (χ0) is 11.9. The molecule has 0 amide bonds. The van der Waals surface area contributed by atoms with Gasteiger partial charge >= 0.3 is 0 Å². The molecule has 17 heavy (non-hydrogen) atoms. The minimum atomic E-state index is -0.620. The molecule has 1 unspecified atom stereocenters. The lowest BCUT2D eigenvalue weighted by Crippen LogP contribution is -2.21. The van der Waals surface area contributed by atoms with E-state index in [1.807, 2.05) is 30.7 Å². The van der Waals surface area contributed by atoms with E-state index in [1.165, 1.54) is 0 Å². The van der Waals surface area contributed by atoms with Crippen molar-refractivity contribution in [1.82, 2.24) is 10.1 Å². The largest absolute Gasteiger partial charge is 0.379 e. The Morgan fingerprint density at radius 2 is 2.35 bits per heavy atom. The summed E-state index contributed by atoms with van der Waals surface area (Å²) in [5, 5.41) is 11.9. The topological polar surface area (TPSA) is 60.5 Å². The fourth-order valence-electron chi connectivity index (χ4n) is 1.79. The van der Waals surface area contributed by atoms with Gasteiger partial charge < -0.3 is 9.36 Å². The van der Waals surface area contributed by atoms with E-state index in [0.29, 0.717) is 18.1 Å². The molecule has 0 fully saturated rings. The SMILES string of the molecule is CC1=NOC(C)(c2nc(-c3ccsc3)no2)C1. The minimum Gasteiger partial charge on any atom is -0.379 e. The molecule has 3 rings (SSSR count). The van der Waals surface area contributed by atoms with Crippen LogP contribution in [-0.2, 0) is 10.4 Å². The van der Waals surface area contributed by atoms with Crippen LogP contribution in [-0.4, -0.2) is 15.9 Å². The third kappa shape index (κ3) is 1.74. The molecule has 88 valence electrons. The van der Waals surface area contributed by atoms with Crippen LogP contribution in [0.25, 0.3) is 11.4 Å². The monoisotopic (exact) mass is 249 g/mol. The lowest BCUT2D eigenvalue weighted by atomic mass is 10.0. The molecule has 1 aliphatic rings. The second-order valence-electron chi connectivity index (χ2n) is 4.26. The predicted molar refractivity (Wildman–Crippen MR) is 63.8 cm³/mol. The molecule has 0 aromatic carbocycles. The first-order chi connectivity index (χ1) is 8.17. The molecular weight excluding hydrogens is 238 g/mol. The van der Waals surface area contributed by atoms with E-state index in [4.69, 9.17) is 9.36 Å². The van der Waals surface area contributed by atoms with E-state index in [-0.39, 0.29) is 0 Å². The van der Waals surface area contributed by atoms with Crippen LogP contribution in [0.1, 0.15) is 26.2 Å². The van der Waals surface area contributed by atoms with Crippen molar-refractivity contribution in [2.24, 2.45) is 5.16 Å². The summed E-state index contributed by atoms with van der Waals surface area (Å²) in [7, 11) is 0. The maximum absolute atomic E-state index is 5.36. The van der Waals surface area contributed by atoms with Gasteiger partial charge in [0.1, 0.15) is 0 Å². The summed E-state index contributed by atoms with van der Waals surface area (Å²) in [5.41, 5.74) is 1.28. The minimum absolute atomic E-state index is 0.472. The normalized spacial score (nSPS) is 23.5. The molecule has 0 saturated heterocycles. The van der Waals surface area contributed by atoms with E-state index < -0.39 is 5.60 Å². The van der Waals surface area contributed by atoms with Gasteiger partial charge in [0.2, 0.25) is 11.4 Å². The lowest BCUT2D eigenvalue weighted by molar-refractivity contribution is -0.0313. The number of oxime groups is 1. The number of hydrogen-bond acceptors (Lipinski definition) is 6. The van der Waals surface area contributed by atoms with E-state index in [9.17, 15) is 0 Å². The maximum Gasteiger partial charge on any atom is 0.274 e. The number of rotatable bonds is 2. The summed E-state index contributed by atoms with van der Waals surface area (Å²) in [6.07, 6.45) is 0.679. The Bertz CT molecular complexity index is 561. The fourth-order valence-corrected chi connectivity index (χ4v) is 2.43. The highest BCUT2D eigenvalue weighted by Crippen LogP contribution is 2.34. The highest BCUT2D eigenvalue weighted by atomic mass is 32.1.